The Morgan fingerprint density at radius 1 is 0.658 bits per heavy atom. The fourth-order valence-corrected chi connectivity index (χ4v) is 9.57. The molecule has 2 heterocycles. The highest BCUT2D eigenvalue weighted by Gasteiger charge is 2.61. The number of hydrogen-bond donors (Lipinski definition) is 0. The molecule has 3 aromatic rings. The minimum absolute atomic E-state index is 0.123. The predicted octanol–water partition coefficient (Wildman–Crippen LogP) is 9.31. The summed E-state index contributed by atoms with van der Waals surface area (Å²) in [6.07, 6.45) is 20.9. The van der Waals surface area contributed by atoms with Crippen molar-refractivity contribution >= 4 is 0 Å². The van der Waals surface area contributed by atoms with Crippen LogP contribution in [0.25, 0.3) is 16.9 Å². The summed E-state index contributed by atoms with van der Waals surface area (Å²) in [5.41, 5.74) is 9.19. The lowest BCUT2D eigenvalue weighted by Crippen LogP contribution is -2.65. The molecule has 2 aromatic carbocycles. The van der Waals surface area contributed by atoms with Crippen molar-refractivity contribution in [3.8, 4) is 16.9 Å². The van der Waals surface area contributed by atoms with Crippen molar-refractivity contribution in [3.63, 3.8) is 0 Å². The van der Waals surface area contributed by atoms with E-state index in [9.17, 15) is 0 Å². The highest BCUT2D eigenvalue weighted by molar-refractivity contribution is 5.69. The topological polar surface area (TPSA) is 8.81 Å². The smallest absolute Gasteiger partial charge is 0.216 e. The molecule has 1 aliphatic heterocycles. The Balaban J connectivity index is 1.59. The average Bonchev–Trinajstić information content (AvgIpc) is 3.45. The lowest BCUT2D eigenvalue weighted by molar-refractivity contribution is -0.764. The zero-order valence-corrected chi connectivity index (χ0v) is 23.9. The van der Waals surface area contributed by atoms with E-state index in [1.807, 2.05) is 0 Å². The van der Waals surface area contributed by atoms with Gasteiger partial charge in [-0.25, -0.2) is 4.57 Å². The average molecular weight is 508 g/mol. The van der Waals surface area contributed by atoms with Gasteiger partial charge in [-0.3, -0.25) is 0 Å². The fourth-order valence-electron chi connectivity index (χ4n) is 9.57. The second-order valence-corrected chi connectivity index (χ2v) is 13.1. The number of fused-ring (bicyclic) bond motifs is 3. The first kappa shape index (κ1) is 24.7. The second-order valence-electron chi connectivity index (χ2n) is 13.1. The van der Waals surface area contributed by atoms with Crippen LogP contribution in [0.1, 0.15) is 125 Å². The van der Waals surface area contributed by atoms with Crippen LogP contribution in [0.3, 0.4) is 0 Å². The van der Waals surface area contributed by atoms with E-state index in [0.717, 1.165) is 11.8 Å². The van der Waals surface area contributed by atoms with Gasteiger partial charge in [0.05, 0.1) is 5.92 Å². The third-order valence-corrected chi connectivity index (χ3v) is 11.1. The Hall–Kier alpha value is -2.35. The summed E-state index contributed by atoms with van der Waals surface area (Å²) in [5.74, 6) is 3.80. The van der Waals surface area contributed by atoms with E-state index in [4.69, 9.17) is 0 Å². The lowest BCUT2D eigenvalue weighted by Gasteiger charge is -2.46. The third kappa shape index (κ3) is 3.61. The maximum Gasteiger partial charge on any atom is 0.266 e. The van der Waals surface area contributed by atoms with Crippen LogP contribution in [0.5, 0.6) is 0 Å². The molecule has 2 heteroatoms. The molecule has 38 heavy (non-hydrogen) atoms. The first-order valence-corrected chi connectivity index (χ1v) is 16.1. The molecule has 0 radical (unpaired) electrons. The third-order valence-electron chi connectivity index (χ3n) is 11.1. The van der Waals surface area contributed by atoms with Gasteiger partial charge in [0.15, 0.2) is 11.4 Å². The van der Waals surface area contributed by atoms with Gasteiger partial charge in [-0.2, -0.15) is 4.57 Å². The van der Waals surface area contributed by atoms with Crippen LogP contribution in [-0.2, 0) is 5.54 Å². The van der Waals surface area contributed by atoms with E-state index < -0.39 is 0 Å². The van der Waals surface area contributed by atoms with Crippen LogP contribution < -0.4 is 4.57 Å². The Morgan fingerprint density at radius 3 is 1.84 bits per heavy atom. The minimum Gasteiger partial charge on any atom is -0.216 e. The van der Waals surface area contributed by atoms with Crippen LogP contribution in [0, 0.1) is 25.7 Å². The first-order valence-electron chi connectivity index (χ1n) is 16.1. The van der Waals surface area contributed by atoms with Crippen LogP contribution in [0.2, 0.25) is 0 Å². The normalized spacial score (nSPS) is 22.4. The SMILES string of the molecule is Cc1ccccc1-n1c(C)c2[n+](c1C1CCCCC1)C(C1CCCCC1)(C1CCCCC1)c1ccccc1-2. The second kappa shape index (κ2) is 10.00. The summed E-state index contributed by atoms with van der Waals surface area (Å²) in [7, 11) is 0. The molecule has 2 nitrogen and oxygen atoms in total. The highest BCUT2D eigenvalue weighted by atomic mass is 15.3. The number of benzene rings is 2. The van der Waals surface area contributed by atoms with Crippen molar-refractivity contribution in [2.45, 2.75) is 122 Å². The molecule has 0 atom stereocenters. The molecule has 7 rings (SSSR count). The molecule has 1 aromatic heterocycles. The summed E-state index contributed by atoms with van der Waals surface area (Å²) in [6, 6.07) is 18.9. The van der Waals surface area contributed by atoms with E-state index in [-0.39, 0.29) is 5.54 Å². The minimum atomic E-state index is 0.123. The summed E-state index contributed by atoms with van der Waals surface area (Å²) < 4.78 is 5.83. The maximum absolute atomic E-state index is 3.07. The molecule has 0 spiro atoms. The largest absolute Gasteiger partial charge is 0.266 e. The van der Waals surface area contributed by atoms with Crippen LogP contribution in [-0.4, -0.2) is 4.57 Å². The molecule has 3 saturated carbocycles. The Bertz CT molecular complexity index is 1280. The number of imidazole rings is 1. The predicted molar refractivity (Wildman–Crippen MR) is 157 cm³/mol. The van der Waals surface area contributed by atoms with E-state index in [1.165, 1.54) is 113 Å². The van der Waals surface area contributed by atoms with Gasteiger partial charge in [-0.15, -0.1) is 0 Å². The molecule has 0 bridgehead atoms. The molecule has 3 fully saturated rings. The first-order chi connectivity index (χ1) is 18.7. The van der Waals surface area contributed by atoms with Crippen LogP contribution >= 0.6 is 0 Å². The summed E-state index contributed by atoms with van der Waals surface area (Å²) in [5, 5.41) is 0. The summed E-state index contributed by atoms with van der Waals surface area (Å²) in [4.78, 5) is 0. The van der Waals surface area contributed by atoms with Gasteiger partial charge in [-0.05, 0) is 57.1 Å². The Labute approximate surface area is 230 Å². The van der Waals surface area contributed by atoms with Crippen molar-refractivity contribution in [1.82, 2.24) is 4.57 Å². The maximum atomic E-state index is 3.07. The molecule has 0 N–H and O–H groups in total. The molecule has 0 saturated heterocycles. The van der Waals surface area contributed by atoms with Gasteiger partial charge in [0, 0.05) is 29.9 Å². The van der Waals surface area contributed by atoms with Gasteiger partial charge >= 0.3 is 0 Å². The van der Waals surface area contributed by atoms with Crippen LogP contribution in [0.4, 0.5) is 0 Å². The number of hydrogen-bond acceptors (Lipinski definition) is 0. The van der Waals surface area contributed by atoms with Crippen molar-refractivity contribution in [2.75, 3.05) is 0 Å². The van der Waals surface area contributed by atoms with Gasteiger partial charge in [-0.1, -0.05) is 100 Å². The quantitative estimate of drug-likeness (QED) is 0.311. The summed E-state index contributed by atoms with van der Waals surface area (Å²) >= 11 is 0. The van der Waals surface area contributed by atoms with E-state index in [0.29, 0.717) is 5.92 Å². The number of aromatic nitrogens is 2. The number of para-hydroxylation sites is 1. The van der Waals surface area contributed by atoms with Crippen molar-refractivity contribution in [2.24, 2.45) is 11.8 Å². The molecule has 4 aliphatic rings. The number of aryl methyl sites for hydroxylation is 1. The van der Waals surface area contributed by atoms with Crippen molar-refractivity contribution < 1.29 is 4.57 Å². The van der Waals surface area contributed by atoms with Crippen molar-refractivity contribution in [3.05, 3.63) is 71.2 Å². The van der Waals surface area contributed by atoms with Gasteiger partial charge < -0.3 is 0 Å². The number of nitrogens with zero attached hydrogens (tertiary/aromatic N) is 2. The van der Waals surface area contributed by atoms with Gasteiger partial charge in [0.1, 0.15) is 11.2 Å². The molecule has 0 amide bonds. The number of rotatable bonds is 4. The molecular formula is C36H47N2+. The fraction of sp³-hybridized carbons (Fsp3) is 0.583. The molecule has 0 unspecified atom stereocenters. The van der Waals surface area contributed by atoms with Gasteiger partial charge in [0.25, 0.3) is 5.82 Å². The summed E-state index contributed by atoms with van der Waals surface area (Å²) in [6.45, 7) is 4.76. The lowest BCUT2D eigenvalue weighted by atomic mass is 9.61. The van der Waals surface area contributed by atoms with E-state index in [2.05, 4.69) is 71.5 Å². The molecular weight excluding hydrogens is 460 g/mol. The van der Waals surface area contributed by atoms with Gasteiger partial charge in [0.2, 0.25) is 0 Å². The standard InChI is InChI=1S/C36H47N2/c1-26-16-12-15-25-33(26)37-27(2)34-31-23-13-14-24-32(31)36(29-19-8-4-9-20-29,30-21-10-5-11-22-30)38(34)35(37)28-17-6-3-7-18-28/h12-16,23-25,28-30H,3-11,17-22H2,1-2H3/q+1. The zero-order valence-electron chi connectivity index (χ0n) is 23.9. The zero-order chi connectivity index (χ0) is 25.7. The van der Waals surface area contributed by atoms with E-state index >= 15 is 0 Å². The Kier molecular flexibility index (Phi) is 6.49. The van der Waals surface area contributed by atoms with E-state index in [1.54, 1.807) is 22.6 Å². The molecule has 3 aliphatic carbocycles. The van der Waals surface area contributed by atoms with Crippen molar-refractivity contribution in [1.29, 1.82) is 0 Å². The Morgan fingerprint density at radius 2 is 1.21 bits per heavy atom. The molecule has 200 valence electrons. The highest BCUT2D eigenvalue weighted by Crippen LogP contribution is 2.56. The monoisotopic (exact) mass is 507 g/mol. The van der Waals surface area contributed by atoms with Crippen LogP contribution in [0.15, 0.2) is 48.5 Å².